The third-order valence-electron chi connectivity index (χ3n) is 2.69. The van der Waals surface area contributed by atoms with Crippen LogP contribution in [0.1, 0.15) is 34.1 Å². The van der Waals surface area contributed by atoms with E-state index in [1.54, 1.807) is 4.90 Å². The molecular formula is C13H24N2O4. The van der Waals surface area contributed by atoms with Crippen molar-refractivity contribution >= 4 is 17.7 Å². The molecule has 0 radical (unpaired) electrons. The van der Waals surface area contributed by atoms with E-state index >= 15 is 0 Å². The van der Waals surface area contributed by atoms with Gasteiger partial charge in [-0.25, -0.2) is 0 Å². The molecule has 0 bridgehead atoms. The molecule has 0 saturated heterocycles. The second-order valence-corrected chi connectivity index (χ2v) is 5.00. The van der Waals surface area contributed by atoms with Gasteiger partial charge in [0.05, 0.1) is 19.1 Å². The predicted octanol–water partition coefficient (Wildman–Crippen LogP) is 0.513. The Hall–Kier alpha value is -1.43. The van der Waals surface area contributed by atoms with Crippen molar-refractivity contribution in [1.82, 2.24) is 10.2 Å². The predicted molar refractivity (Wildman–Crippen MR) is 71.8 cm³/mol. The molecule has 110 valence electrons. The fourth-order valence-corrected chi connectivity index (χ4v) is 1.88. The molecule has 0 saturated carbocycles. The first-order valence-corrected chi connectivity index (χ1v) is 6.51. The maximum Gasteiger partial charge on any atom is 0.317 e. The highest BCUT2D eigenvalue weighted by Crippen LogP contribution is 2.03. The molecule has 0 aromatic heterocycles. The first-order valence-electron chi connectivity index (χ1n) is 6.51. The summed E-state index contributed by atoms with van der Waals surface area (Å²) in [6, 6.07) is -0.513. The molecule has 19 heavy (non-hydrogen) atoms. The molecule has 0 heterocycles. The number of amides is 1. The third-order valence-corrected chi connectivity index (χ3v) is 2.69. The topological polar surface area (TPSA) is 86.7 Å². The Kier molecular flexibility index (Phi) is 7.98. The maximum atomic E-state index is 11.8. The monoisotopic (exact) mass is 272 g/mol. The summed E-state index contributed by atoms with van der Waals surface area (Å²) in [6.45, 7) is 7.42. The molecule has 1 unspecified atom stereocenters. The highest BCUT2D eigenvalue weighted by atomic mass is 16.4. The number of carboxylic acids is 1. The number of nitrogens with one attached hydrogen (secondary N) is 1. The highest BCUT2D eigenvalue weighted by Gasteiger charge is 2.22. The minimum absolute atomic E-state index is 0.00333. The van der Waals surface area contributed by atoms with Crippen LogP contribution >= 0.6 is 0 Å². The smallest absolute Gasteiger partial charge is 0.317 e. The Morgan fingerprint density at radius 2 is 1.79 bits per heavy atom. The first-order chi connectivity index (χ1) is 8.77. The van der Waals surface area contributed by atoms with Crippen LogP contribution in [0.15, 0.2) is 0 Å². The summed E-state index contributed by atoms with van der Waals surface area (Å²) in [6.07, 6.45) is 0.765. The van der Waals surface area contributed by atoms with E-state index in [0.717, 1.165) is 6.42 Å². The number of aliphatic carboxylic acids is 1. The van der Waals surface area contributed by atoms with Gasteiger partial charge in [0.15, 0.2) is 5.78 Å². The van der Waals surface area contributed by atoms with Gasteiger partial charge in [0.1, 0.15) is 0 Å². The summed E-state index contributed by atoms with van der Waals surface area (Å²) in [5, 5.41) is 11.4. The van der Waals surface area contributed by atoms with Gasteiger partial charge >= 0.3 is 5.97 Å². The lowest BCUT2D eigenvalue weighted by atomic mass is 10.0. The molecule has 0 aromatic carbocycles. The minimum Gasteiger partial charge on any atom is -0.480 e. The number of hydrogen-bond acceptors (Lipinski definition) is 4. The second-order valence-electron chi connectivity index (χ2n) is 5.00. The van der Waals surface area contributed by atoms with Gasteiger partial charge < -0.3 is 10.4 Å². The molecule has 0 spiro atoms. The average molecular weight is 272 g/mol. The first kappa shape index (κ1) is 17.6. The van der Waals surface area contributed by atoms with E-state index in [9.17, 15) is 14.4 Å². The Morgan fingerprint density at radius 3 is 2.16 bits per heavy atom. The second kappa shape index (κ2) is 8.63. The van der Waals surface area contributed by atoms with Gasteiger partial charge in [-0.1, -0.05) is 20.8 Å². The molecule has 1 amide bonds. The SMILES string of the molecule is CCCN(CC(=O)O)CC(=O)NC(C(C)=O)C(C)C. The number of rotatable bonds is 9. The number of carbonyl (C=O) groups excluding carboxylic acids is 2. The van der Waals surface area contributed by atoms with Crippen molar-refractivity contribution in [3.05, 3.63) is 0 Å². The largest absolute Gasteiger partial charge is 0.480 e. The summed E-state index contributed by atoms with van der Waals surface area (Å²) in [5.41, 5.74) is 0. The quantitative estimate of drug-likeness (QED) is 0.639. The summed E-state index contributed by atoms with van der Waals surface area (Å²) in [7, 11) is 0. The minimum atomic E-state index is -0.965. The standard InChI is InChI=1S/C13H24N2O4/c1-5-6-15(8-12(18)19)7-11(17)14-13(9(2)3)10(4)16/h9,13H,5-8H2,1-4H3,(H,14,17)(H,18,19). The maximum absolute atomic E-state index is 11.8. The van der Waals surface area contributed by atoms with Gasteiger partial charge in [-0.2, -0.15) is 0 Å². The van der Waals surface area contributed by atoms with E-state index in [-0.39, 0.29) is 30.7 Å². The van der Waals surface area contributed by atoms with Crippen LogP contribution in [0.2, 0.25) is 0 Å². The lowest BCUT2D eigenvalue weighted by molar-refractivity contribution is -0.139. The van der Waals surface area contributed by atoms with Crippen molar-refractivity contribution in [3.63, 3.8) is 0 Å². The number of hydrogen-bond donors (Lipinski definition) is 2. The van der Waals surface area contributed by atoms with Gasteiger partial charge in [-0.3, -0.25) is 19.3 Å². The van der Waals surface area contributed by atoms with Gasteiger partial charge in [0.25, 0.3) is 0 Å². The number of ketones is 1. The van der Waals surface area contributed by atoms with E-state index in [1.807, 2.05) is 20.8 Å². The number of Topliss-reactive ketones (excluding diaryl/α,β-unsaturated/α-hetero) is 1. The molecule has 0 aliphatic rings. The number of carboxylic acid groups (broad SMARTS) is 1. The molecule has 0 aliphatic heterocycles. The van der Waals surface area contributed by atoms with Gasteiger partial charge in [0, 0.05) is 0 Å². The molecule has 6 nitrogen and oxygen atoms in total. The Bertz CT molecular complexity index is 329. The summed E-state index contributed by atoms with van der Waals surface area (Å²) in [5.74, 6) is -1.36. The lowest BCUT2D eigenvalue weighted by Gasteiger charge is -2.23. The summed E-state index contributed by atoms with van der Waals surface area (Å²) < 4.78 is 0. The number of nitrogens with zero attached hydrogens (tertiary/aromatic N) is 1. The van der Waals surface area contributed by atoms with Crippen LogP contribution in [0.3, 0.4) is 0 Å². The highest BCUT2D eigenvalue weighted by molar-refractivity contribution is 5.88. The van der Waals surface area contributed by atoms with Crippen molar-refractivity contribution in [2.75, 3.05) is 19.6 Å². The zero-order chi connectivity index (χ0) is 15.0. The van der Waals surface area contributed by atoms with Crippen LogP contribution in [-0.2, 0) is 14.4 Å². The van der Waals surface area contributed by atoms with Crippen molar-refractivity contribution in [3.8, 4) is 0 Å². The molecule has 0 aliphatic carbocycles. The van der Waals surface area contributed by atoms with Crippen molar-refractivity contribution in [2.24, 2.45) is 5.92 Å². The Labute approximate surface area is 114 Å². The van der Waals surface area contributed by atoms with Crippen LogP contribution in [0.25, 0.3) is 0 Å². The Balaban J connectivity index is 4.46. The van der Waals surface area contributed by atoms with Gasteiger partial charge in [-0.05, 0) is 25.8 Å². The van der Waals surface area contributed by atoms with E-state index in [4.69, 9.17) is 5.11 Å². The van der Waals surface area contributed by atoms with Gasteiger partial charge in [0.2, 0.25) is 5.91 Å². The molecule has 2 N–H and O–H groups in total. The molecular weight excluding hydrogens is 248 g/mol. The molecule has 1 atom stereocenters. The molecule has 0 rings (SSSR count). The lowest BCUT2D eigenvalue weighted by Crippen LogP contribution is -2.48. The average Bonchev–Trinajstić information content (AvgIpc) is 2.24. The zero-order valence-corrected chi connectivity index (χ0v) is 12.1. The van der Waals surface area contributed by atoms with E-state index in [1.165, 1.54) is 6.92 Å². The van der Waals surface area contributed by atoms with Gasteiger partial charge in [-0.15, -0.1) is 0 Å². The summed E-state index contributed by atoms with van der Waals surface area (Å²) in [4.78, 5) is 35.4. The fraction of sp³-hybridized carbons (Fsp3) is 0.769. The fourth-order valence-electron chi connectivity index (χ4n) is 1.88. The Morgan fingerprint density at radius 1 is 1.21 bits per heavy atom. The van der Waals surface area contributed by atoms with Crippen LogP contribution in [0, 0.1) is 5.92 Å². The van der Waals surface area contributed by atoms with Crippen molar-refractivity contribution < 1.29 is 19.5 Å². The van der Waals surface area contributed by atoms with Crippen molar-refractivity contribution in [2.45, 2.75) is 40.2 Å². The van der Waals surface area contributed by atoms with Crippen LogP contribution in [0.4, 0.5) is 0 Å². The summed E-state index contributed by atoms with van der Waals surface area (Å²) >= 11 is 0. The van der Waals surface area contributed by atoms with E-state index < -0.39 is 12.0 Å². The van der Waals surface area contributed by atoms with Crippen LogP contribution in [-0.4, -0.2) is 53.3 Å². The van der Waals surface area contributed by atoms with Crippen LogP contribution in [0.5, 0.6) is 0 Å². The third kappa shape index (κ3) is 7.56. The van der Waals surface area contributed by atoms with Crippen molar-refractivity contribution in [1.29, 1.82) is 0 Å². The van der Waals surface area contributed by atoms with Crippen LogP contribution < -0.4 is 5.32 Å². The molecule has 0 fully saturated rings. The zero-order valence-electron chi connectivity index (χ0n) is 12.1. The normalized spacial score (nSPS) is 12.5. The molecule has 6 heteroatoms. The molecule has 0 aromatic rings. The van der Waals surface area contributed by atoms with E-state index in [2.05, 4.69) is 5.32 Å². The number of carbonyl (C=O) groups is 3. The van der Waals surface area contributed by atoms with E-state index in [0.29, 0.717) is 6.54 Å².